The van der Waals surface area contributed by atoms with Crippen LogP contribution in [0, 0.1) is 107 Å². The van der Waals surface area contributed by atoms with Crippen molar-refractivity contribution >= 4 is 0 Å². The average molecular weight is 1790 g/mol. The standard InChI is InChI=1S/C120H236O7/c1-91(2)49-31-55-97(13)61-37-67-103(19)73-43-85-115(25,122)110-81-82-111(123-110)119(29,89-47-77-107(23)71-41-65-101(17)59-35-53-95(9)10)127-120(30,90-48-78-108(24)72-42-66-102(18)60-36-54-96(11)12)113-84-83-112(124-113)118(28,88-46-76-106(22)70-40-64-100(16)58-34-52-94(7)8)126-116(26,86-44-74-104(20)68-38-62-98(14)56-32-50-92(3)4)109(121)79-80-114-117(27,125-114)87-45-75-105(21)69-39-63-99(15)57-33-51-93(5)6/h91-114,121-122H,31-90H2,1-30H3/t97-,98-,99-,100-,101-,102-,103-,104-,105-,106-,107-,108-,109-,110-,111-,112-,113-,114-,115-,116+,117+,118+,119+,120+/m1/s1. The van der Waals surface area contributed by atoms with E-state index >= 15 is 0 Å². The Morgan fingerprint density at radius 2 is 0.465 bits per heavy atom. The first-order valence-corrected chi connectivity index (χ1v) is 57.6. The highest BCUT2D eigenvalue weighted by Crippen LogP contribution is 2.50. The second kappa shape index (κ2) is 65.6. The third kappa shape index (κ3) is 54.6. The molecule has 0 aromatic rings. The molecule has 3 heterocycles. The third-order valence-electron chi connectivity index (χ3n) is 33.6. The molecule has 0 saturated carbocycles. The van der Waals surface area contributed by atoms with Crippen LogP contribution >= 0.6 is 0 Å². The van der Waals surface area contributed by atoms with Crippen LogP contribution in [0.1, 0.15) is 593 Å². The summed E-state index contributed by atoms with van der Waals surface area (Å²) in [7, 11) is 0. The van der Waals surface area contributed by atoms with Crippen molar-refractivity contribution in [1.82, 2.24) is 0 Å². The SMILES string of the molecule is CC(C)CCC[C@@H](C)CCC[C@@H](C)CCC[C@@](C)(O)[C@H]1CC[C@H]([C@](C)(CCC[C@H](C)CCC[C@H](C)CCCC(C)C)O[C@@](C)(CCC[C@H](C)CCC[C@H](C)CCCC(C)C)[C@H]2CC[C@H]([C@](C)(CCC[C@H](C)CCC[C@H](C)CCCC(C)C)O[C@@](C)(CCC[C@H](C)CCC[C@H](C)CCCC(C)C)[C@H](O)CC[C@H]3O[C@@]3(C)CCC[C@H](C)CCC[C@H](C)CCCC(C)C)O2)O1. The van der Waals surface area contributed by atoms with Gasteiger partial charge in [-0.15, -0.1) is 0 Å². The lowest BCUT2D eigenvalue weighted by Crippen LogP contribution is -2.56. The van der Waals surface area contributed by atoms with E-state index in [-0.39, 0.29) is 36.1 Å². The van der Waals surface area contributed by atoms with Gasteiger partial charge >= 0.3 is 0 Å². The highest BCUT2D eigenvalue weighted by molar-refractivity contribution is 5.05. The van der Waals surface area contributed by atoms with Crippen LogP contribution in [-0.2, 0) is 23.7 Å². The summed E-state index contributed by atoms with van der Waals surface area (Å²) in [5.41, 5.74) is -3.66. The van der Waals surface area contributed by atoms with Crippen LogP contribution < -0.4 is 0 Å². The van der Waals surface area contributed by atoms with Crippen LogP contribution in [0.5, 0.6) is 0 Å². The van der Waals surface area contributed by atoms with Crippen molar-refractivity contribution in [3.8, 4) is 0 Å². The summed E-state index contributed by atoms with van der Waals surface area (Å²) < 4.78 is 39.1. The molecule has 7 heteroatoms. The van der Waals surface area contributed by atoms with Crippen molar-refractivity contribution in [3.63, 3.8) is 0 Å². The lowest BCUT2D eigenvalue weighted by molar-refractivity contribution is -0.263. The minimum absolute atomic E-state index is 0.112. The van der Waals surface area contributed by atoms with Gasteiger partial charge in [-0.2, -0.15) is 0 Å². The van der Waals surface area contributed by atoms with E-state index in [1.165, 1.54) is 263 Å². The summed E-state index contributed by atoms with van der Waals surface area (Å²) in [5, 5.41) is 26.2. The Morgan fingerprint density at radius 1 is 0.260 bits per heavy atom. The Labute approximate surface area is 798 Å². The number of ether oxygens (including phenoxy) is 5. The Hall–Kier alpha value is -0.280. The molecule has 3 saturated heterocycles. The highest BCUT2D eigenvalue weighted by atomic mass is 16.6. The molecule has 0 amide bonds. The number of hydrogen-bond acceptors (Lipinski definition) is 7. The molecule has 3 fully saturated rings. The molecule has 0 aliphatic carbocycles. The fraction of sp³-hybridized carbons (Fsp3) is 1.00. The summed E-state index contributed by atoms with van der Waals surface area (Å²) in [4.78, 5) is 0. The van der Waals surface area contributed by atoms with Crippen molar-refractivity contribution in [2.24, 2.45) is 107 Å². The highest BCUT2D eigenvalue weighted by Gasteiger charge is 2.56. The van der Waals surface area contributed by atoms with E-state index in [9.17, 15) is 10.2 Å². The summed E-state index contributed by atoms with van der Waals surface area (Å²) >= 11 is 0. The third-order valence-corrected chi connectivity index (χ3v) is 33.6. The van der Waals surface area contributed by atoms with Crippen LogP contribution in [0.3, 0.4) is 0 Å². The minimum Gasteiger partial charge on any atom is -0.390 e. The van der Waals surface area contributed by atoms with Crippen molar-refractivity contribution in [2.45, 2.75) is 663 Å². The van der Waals surface area contributed by atoms with Gasteiger partial charge in [-0.3, -0.25) is 0 Å². The van der Waals surface area contributed by atoms with Gasteiger partial charge in [0.25, 0.3) is 0 Å². The topological polar surface area (TPSA) is 89.9 Å². The van der Waals surface area contributed by atoms with E-state index in [1.54, 1.807) is 0 Å². The molecule has 758 valence electrons. The van der Waals surface area contributed by atoms with Crippen LogP contribution in [0.25, 0.3) is 0 Å². The molecule has 7 nitrogen and oxygen atoms in total. The average Bonchev–Trinajstić information content (AvgIpc) is 1.64. The van der Waals surface area contributed by atoms with Gasteiger partial charge in [0.2, 0.25) is 0 Å². The first kappa shape index (κ1) is 121. The Morgan fingerprint density at radius 3 is 0.724 bits per heavy atom. The van der Waals surface area contributed by atoms with Gasteiger partial charge in [0.1, 0.15) is 0 Å². The van der Waals surface area contributed by atoms with E-state index in [0.717, 1.165) is 193 Å². The summed E-state index contributed by atoms with van der Waals surface area (Å²) in [5.74, 6) is 13.5. The molecule has 3 rings (SSSR count). The molecule has 0 aromatic carbocycles. The Kier molecular flexibility index (Phi) is 62.4. The second-order valence-corrected chi connectivity index (χ2v) is 51.4. The fourth-order valence-electron chi connectivity index (χ4n) is 23.6. The van der Waals surface area contributed by atoms with E-state index in [1.807, 2.05) is 0 Å². The maximum absolute atomic E-state index is 13.4. The number of rotatable bonds is 84. The lowest BCUT2D eigenvalue weighted by Gasteiger charge is -2.48. The van der Waals surface area contributed by atoms with Crippen LogP contribution in [0.2, 0.25) is 0 Å². The van der Waals surface area contributed by atoms with E-state index < -0.39 is 34.1 Å². The van der Waals surface area contributed by atoms with Gasteiger partial charge in [0.05, 0.1) is 70.2 Å². The van der Waals surface area contributed by atoms with Gasteiger partial charge in [-0.25, -0.2) is 0 Å². The number of epoxide rings is 1. The number of hydrogen-bond donors (Lipinski definition) is 2. The largest absolute Gasteiger partial charge is 0.390 e. The van der Waals surface area contributed by atoms with Crippen molar-refractivity contribution < 1.29 is 33.9 Å². The maximum atomic E-state index is 13.4. The zero-order valence-electron chi connectivity index (χ0n) is 92.2. The minimum atomic E-state index is -0.914. The Bertz CT molecular complexity index is 2600. The molecule has 127 heavy (non-hydrogen) atoms. The molecular weight excluding hydrogens is 1550 g/mol. The van der Waals surface area contributed by atoms with Gasteiger partial charge < -0.3 is 33.9 Å². The van der Waals surface area contributed by atoms with Crippen molar-refractivity contribution in [1.29, 1.82) is 0 Å². The molecule has 3 aliphatic heterocycles. The zero-order chi connectivity index (χ0) is 94.8. The van der Waals surface area contributed by atoms with Crippen LogP contribution in [0.4, 0.5) is 0 Å². The zero-order valence-corrected chi connectivity index (χ0v) is 92.2. The molecule has 3 aliphatic rings. The first-order valence-electron chi connectivity index (χ1n) is 57.6. The normalized spacial score (nSPS) is 23.9. The summed E-state index contributed by atoms with van der Waals surface area (Å²) in [6, 6.07) is 0. The predicted octanol–water partition coefficient (Wildman–Crippen LogP) is 37.8. The van der Waals surface area contributed by atoms with Gasteiger partial charge in [-0.05, 0) is 225 Å². The van der Waals surface area contributed by atoms with Crippen molar-refractivity contribution in [3.05, 3.63) is 0 Å². The van der Waals surface area contributed by atoms with Gasteiger partial charge in [0, 0.05) is 0 Å². The smallest absolute Gasteiger partial charge is 0.0923 e. The van der Waals surface area contributed by atoms with E-state index in [0.29, 0.717) is 36.0 Å². The van der Waals surface area contributed by atoms with Gasteiger partial charge in [0.15, 0.2) is 0 Å². The molecule has 0 aromatic heterocycles. The fourth-order valence-corrected chi connectivity index (χ4v) is 23.6. The quantitative estimate of drug-likeness (QED) is 0.0587. The second-order valence-electron chi connectivity index (χ2n) is 51.4. The molecule has 2 N–H and O–H groups in total. The molecular formula is C120H236O7. The monoisotopic (exact) mass is 1790 g/mol. The molecule has 0 bridgehead atoms. The number of aliphatic hydroxyl groups is 2. The summed E-state index contributed by atoms with van der Waals surface area (Å²) in [6.45, 7) is 72.7. The van der Waals surface area contributed by atoms with E-state index in [4.69, 9.17) is 23.7 Å². The summed E-state index contributed by atoms with van der Waals surface area (Å²) in [6.07, 6.45) is 71.2. The van der Waals surface area contributed by atoms with E-state index in [2.05, 4.69) is 208 Å². The molecule has 24 atom stereocenters. The van der Waals surface area contributed by atoms with Crippen LogP contribution in [-0.4, -0.2) is 80.4 Å². The Balaban J connectivity index is 2.15. The first-order chi connectivity index (χ1) is 59.8. The van der Waals surface area contributed by atoms with Crippen LogP contribution in [0.15, 0.2) is 0 Å². The number of aliphatic hydroxyl groups excluding tert-OH is 1. The molecule has 0 radical (unpaired) electrons. The van der Waals surface area contributed by atoms with Gasteiger partial charge in [-0.1, -0.05) is 474 Å². The molecule has 0 unspecified atom stereocenters. The van der Waals surface area contributed by atoms with Crippen molar-refractivity contribution in [2.75, 3.05) is 0 Å². The molecule has 0 spiro atoms. The lowest BCUT2D eigenvalue weighted by atomic mass is 9.82. The predicted molar refractivity (Wildman–Crippen MR) is 559 cm³/mol. The maximum Gasteiger partial charge on any atom is 0.0923 e.